The molecule has 0 aliphatic rings. The van der Waals surface area contributed by atoms with Gasteiger partial charge in [0.1, 0.15) is 5.78 Å². The van der Waals surface area contributed by atoms with Gasteiger partial charge in [-0.2, -0.15) is 0 Å². The number of aromatic hydroxyl groups is 1. The van der Waals surface area contributed by atoms with Gasteiger partial charge in [-0.1, -0.05) is 38.2 Å². The van der Waals surface area contributed by atoms with Gasteiger partial charge in [-0.3, -0.25) is 4.79 Å². The summed E-state index contributed by atoms with van der Waals surface area (Å²) in [5.41, 5.74) is 1.01. The molecule has 0 aromatic heterocycles. The predicted octanol–water partition coefficient (Wildman–Crippen LogP) is 4.02. The van der Waals surface area contributed by atoms with E-state index in [0.717, 1.165) is 31.2 Å². The second kappa shape index (κ2) is 11.9. The molecule has 0 spiro atoms. The summed E-state index contributed by atoms with van der Waals surface area (Å²) in [4.78, 5) is 11.9. The summed E-state index contributed by atoms with van der Waals surface area (Å²) in [5.74, 6) is 0.884. The largest absolute Gasteiger partial charge is 0.504 e. The van der Waals surface area contributed by atoms with Gasteiger partial charge in [-0.15, -0.1) is 0 Å². The van der Waals surface area contributed by atoms with Crippen molar-refractivity contribution in [1.82, 2.24) is 0 Å². The molecule has 4 heteroatoms. The zero-order valence-corrected chi connectivity index (χ0v) is 14.2. The number of ether oxygens (including phenoxy) is 1. The highest BCUT2D eigenvalue weighted by molar-refractivity contribution is 5.78. The van der Waals surface area contributed by atoms with Crippen molar-refractivity contribution in [2.75, 3.05) is 13.7 Å². The summed E-state index contributed by atoms with van der Waals surface area (Å²) in [7, 11) is 1.52. The van der Waals surface area contributed by atoms with Crippen LogP contribution in [-0.4, -0.2) is 29.7 Å². The first-order valence-corrected chi connectivity index (χ1v) is 8.66. The van der Waals surface area contributed by atoms with Crippen molar-refractivity contribution in [1.29, 1.82) is 0 Å². The number of phenolic OH excluding ortho intramolecular Hbond substituents is 1. The normalized spacial score (nSPS) is 10.7. The van der Waals surface area contributed by atoms with Crippen molar-refractivity contribution in [3.05, 3.63) is 23.8 Å². The van der Waals surface area contributed by atoms with Crippen molar-refractivity contribution < 1.29 is 19.7 Å². The van der Waals surface area contributed by atoms with Crippen LogP contribution >= 0.6 is 0 Å². The number of benzene rings is 1. The zero-order valence-electron chi connectivity index (χ0n) is 14.2. The first-order valence-electron chi connectivity index (χ1n) is 8.66. The van der Waals surface area contributed by atoms with Crippen LogP contribution in [0.15, 0.2) is 18.2 Å². The van der Waals surface area contributed by atoms with Crippen LogP contribution in [0.3, 0.4) is 0 Å². The fraction of sp³-hybridized carbons (Fsp3) is 0.632. The molecule has 0 aliphatic heterocycles. The number of carbonyl (C=O) groups is 1. The molecule has 0 radical (unpaired) electrons. The van der Waals surface area contributed by atoms with Crippen LogP contribution in [0.2, 0.25) is 0 Å². The fourth-order valence-corrected chi connectivity index (χ4v) is 2.60. The minimum atomic E-state index is 0.126. The van der Waals surface area contributed by atoms with Gasteiger partial charge < -0.3 is 14.9 Å². The second-order valence-corrected chi connectivity index (χ2v) is 5.99. The Morgan fingerprint density at radius 2 is 1.65 bits per heavy atom. The molecule has 0 unspecified atom stereocenters. The lowest BCUT2D eigenvalue weighted by Gasteiger charge is -2.06. The molecular formula is C19H30O4. The van der Waals surface area contributed by atoms with Gasteiger partial charge in [0.15, 0.2) is 11.5 Å². The van der Waals surface area contributed by atoms with Gasteiger partial charge in [0.25, 0.3) is 0 Å². The number of aliphatic hydroxyl groups excluding tert-OH is 1. The van der Waals surface area contributed by atoms with Crippen molar-refractivity contribution in [2.45, 2.75) is 64.2 Å². The summed E-state index contributed by atoms with van der Waals surface area (Å²) in [6.45, 7) is 0.293. The van der Waals surface area contributed by atoms with Gasteiger partial charge in [-0.25, -0.2) is 0 Å². The molecule has 0 amide bonds. The van der Waals surface area contributed by atoms with E-state index in [1.54, 1.807) is 12.1 Å². The maximum atomic E-state index is 11.9. The Labute approximate surface area is 139 Å². The second-order valence-electron chi connectivity index (χ2n) is 5.99. The molecule has 0 saturated carbocycles. The van der Waals surface area contributed by atoms with E-state index >= 15 is 0 Å². The molecule has 1 aromatic carbocycles. The van der Waals surface area contributed by atoms with Crippen molar-refractivity contribution in [3.8, 4) is 11.5 Å². The molecule has 2 N–H and O–H groups in total. The first kappa shape index (κ1) is 19.5. The van der Waals surface area contributed by atoms with Gasteiger partial charge >= 0.3 is 0 Å². The SMILES string of the molecule is COc1cc(CCC(=O)CCCCCCCCCO)ccc1O. The number of unbranched alkanes of at least 4 members (excludes halogenated alkanes) is 6. The van der Waals surface area contributed by atoms with Crippen LogP contribution in [-0.2, 0) is 11.2 Å². The average molecular weight is 322 g/mol. The molecule has 0 saturated heterocycles. The summed E-state index contributed by atoms with van der Waals surface area (Å²) < 4.78 is 5.07. The van der Waals surface area contributed by atoms with Gasteiger partial charge in [0, 0.05) is 19.4 Å². The van der Waals surface area contributed by atoms with Gasteiger partial charge in [-0.05, 0) is 37.0 Å². The van der Waals surface area contributed by atoms with E-state index in [1.807, 2.05) is 6.07 Å². The third-order valence-electron chi connectivity index (χ3n) is 4.05. The quantitative estimate of drug-likeness (QED) is 0.538. The third kappa shape index (κ3) is 8.60. The Balaban J connectivity index is 2.10. The Kier molecular flexibility index (Phi) is 10.1. The highest BCUT2D eigenvalue weighted by atomic mass is 16.5. The Morgan fingerprint density at radius 3 is 2.30 bits per heavy atom. The summed E-state index contributed by atoms with van der Waals surface area (Å²) in [5, 5.41) is 18.2. The van der Waals surface area contributed by atoms with Crippen LogP contribution in [0.4, 0.5) is 0 Å². The lowest BCUT2D eigenvalue weighted by Crippen LogP contribution is -2.00. The molecule has 0 bridgehead atoms. The zero-order chi connectivity index (χ0) is 16.9. The molecule has 130 valence electrons. The molecule has 23 heavy (non-hydrogen) atoms. The van der Waals surface area contributed by atoms with Gasteiger partial charge in [0.05, 0.1) is 7.11 Å². The number of Topliss-reactive ketones (excluding diaryl/α,β-unsaturated/α-hetero) is 1. The van der Waals surface area contributed by atoms with E-state index in [1.165, 1.54) is 26.4 Å². The number of rotatable bonds is 13. The predicted molar refractivity (Wildman–Crippen MR) is 92.0 cm³/mol. The maximum absolute atomic E-state index is 11.9. The maximum Gasteiger partial charge on any atom is 0.160 e. The van der Waals surface area contributed by atoms with Crippen molar-refractivity contribution in [3.63, 3.8) is 0 Å². The monoisotopic (exact) mass is 322 g/mol. The lowest BCUT2D eigenvalue weighted by atomic mass is 10.0. The molecule has 0 atom stereocenters. The first-order chi connectivity index (χ1) is 11.2. The van der Waals surface area contributed by atoms with E-state index < -0.39 is 0 Å². The number of aliphatic hydroxyl groups is 1. The Hall–Kier alpha value is -1.55. The van der Waals surface area contributed by atoms with Crippen LogP contribution in [0, 0.1) is 0 Å². The number of hydrogen-bond donors (Lipinski definition) is 2. The Morgan fingerprint density at radius 1 is 1.00 bits per heavy atom. The van der Waals surface area contributed by atoms with Crippen LogP contribution in [0.1, 0.15) is 63.4 Å². The molecule has 0 aliphatic carbocycles. The van der Waals surface area contributed by atoms with Crippen LogP contribution in [0.25, 0.3) is 0 Å². The molecule has 4 nitrogen and oxygen atoms in total. The number of carbonyl (C=O) groups excluding carboxylic acids is 1. The number of phenols is 1. The van der Waals surface area contributed by atoms with E-state index in [2.05, 4.69) is 0 Å². The highest BCUT2D eigenvalue weighted by Crippen LogP contribution is 2.26. The van der Waals surface area contributed by atoms with E-state index in [4.69, 9.17) is 9.84 Å². The van der Waals surface area contributed by atoms with Crippen LogP contribution in [0.5, 0.6) is 11.5 Å². The van der Waals surface area contributed by atoms with E-state index in [9.17, 15) is 9.90 Å². The van der Waals surface area contributed by atoms with Crippen molar-refractivity contribution in [2.24, 2.45) is 0 Å². The van der Waals surface area contributed by atoms with E-state index in [0.29, 0.717) is 37.4 Å². The molecule has 1 aromatic rings. The Bertz CT molecular complexity index is 457. The molecular weight excluding hydrogens is 292 g/mol. The average Bonchev–Trinajstić information content (AvgIpc) is 2.56. The smallest absolute Gasteiger partial charge is 0.160 e. The van der Waals surface area contributed by atoms with Crippen molar-refractivity contribution >= 4 is 5.78 Å². The summed E-state index contributed by atoms with van der Waals surface area (Å²) >= 11 is 0. The van der Waals surface area contributed by atoms with Crippen LogP contribution < -0.4 is 4.74 Å². The minimum Gasteiger partial charge on any atom is -0.504 e. The fourth-order valence-electron chi connectivity index (χ4n) is 2.60. The highest BCUT2D eigenvalue weighted by Gasteiger charge is 2.06. The number of aryl methyl sites for hydroxylation is 1. The standard InChI is InChI=1S/C19H30O4/c1-23-19-15-16(11-13-18(19)22)10-12-17(21)9-7-5-3-2-4-6-8-14-20/h11,13,15,20,22H,2-10,12,14H2,1H3. The lowest BCUT2D eigenvalue weighted by molar-refractivity contribution is -0.119. The van der Waals surface area contributed by atoms with E-state index in [-0.39, 0.29) is 5.75 Å². The molecule has 1 rings (SSSR count). The van der Waals surface area contributed by atoms with Gasteiger partial charge in [0.2, 0.25) is 0 Å². The molecule has 0 fully saturated rings. The number of ketones is 1. The minimum absolute atomic E-state index is 0.126. The number of methoxy groups -OCH3 is 1. The third-order valence-corrected chi connectivity index (χ3v) is 4.05. The number of hydrogen-bond acceptors (Lipinski definition) is 4. The molecule has 0 heterocycles. The summed E-state index contributed by atoms with van der Waals surface area (Å²) in [6, 6.07) is 5.22. The summed E-state index contributed by atoms with van der Waals surface area (Å²) in [6.07, 6.45) is 9.53. The topological polar surface area (TPSA) is 66.8 Å².